The fraction of sp³-hybridized carbons (Fsp3) is 0.250. The SMILES string of the molecule is COc1cccc(/C=N\NC(=O)c2cccc(-n3c(C)ccc3C)c2)c1OC(C)C. The molecule has 0 unspecified atom stereocenters. The van der Waals surface area contributed by atoms with Gasteiger partial charge < -0.3 is 14.0 Å². The number of nitrogens with one attached hydrogen (secondary N) is 1. The average molecular weight is 405 g/mol. The maximum atomic E-state index is 12.6. The molecular weight excluding hydrogens is 378 g/mol. The Bertz CT molecular complexity index is 1050. The molecule has 3 rings (SSSR count). The maximum Gasteiger partial charge on any atom is 0.271 e. The standard InChI is InChI=1S/C24H27N3O3/c1-16(2)30-23-20(9-7-11-22(23)29-5)15-25-26-24(28)19-8-6-10-21(14-19)27-17(3)12-13-18(27)4/h6-16H,1-5H3,(H,26,28)/b25-15-. The summed E-state index contributed by atoms with van der Waals surface area (Å²) in [5, 5.41) is 4.12. The Morgan fingerprint density at radius 3 is 2.43 bits per heavy atom. The first-order valence-electron chi connectivity index (χ1n) is 9.83. The highest BCUT2D eigenvalue weighted by Gasteiger charge is 2.12. The molecule has 6 heteroatoms. The molecule has 156 valence electrons. The van der Waals surface area contributed by atoms with Crippen LogP contribution in [0.5, 0.6) is 11.5 Å². The summed E-state index contributed by atoms with van der Waals surface area (Å²) in [5.41, 5.74) is 7.00. The summed E-state index contributed by atoms with van der Waals surface area (Å²) in [7, 11) is 1.59. The van der Waals surface area contributed by atoms with Crippen LogP contribution in [0.3, 0.4) is 0 Å². The van der Waals surface area contributed by atoms with E-state index in [-0.39, 0.29) is 12.0 Å². The second-order valence-electron chi connectivity index (χ2n) is 7.25. The second kappa shape index (κ2) is 9.31. The third-order valence-electron chi connectivity index (χ3n) is 4.59. The summed E-state index contributed by atoms with van der Waals surface area (Å²) in [6.45, 7) is 7.95. The highest BCUT2D eigenvalue weighted by Crippen LogP contribution is 2.30. The minimum absolute atomic E-state index is 0.0219. The van der Waals surface area contributed by atoms with E-state index in [9.17, 15) is 4.79 Å². The summed E-state index contributed by atoms with van der Waals surface area (Å²) in [5.74, 6) is 0.919. The number of hydrogen-bond donors (Lipinski definition) is 1. The summed E-state index contributed by atoms with van der Waals surface area (Å²) < 4.78 is 13.3. The number of carbonyl (C=O) groups is 1. The molecule has 1 amide bonds. The van der Waals surface area contributed by atoms with Crippen LogP contribution in [0.2, 0.25) is 0 Å². The minimum atomic E-state index is -0.287. The van der Waals surface area contributed by atoms with Crippen LogP contribution in [0.15, 0.2) is 59.7 Å². The summed E-state index contributed by atoms with van der Waals surface area (Å²) in [6.07, 6.45) is 1.54. The molecule has 2 aromatic carbocycles. The first kappa shape index (κ1) is 21.2. The number of rotatable bonds is 7. The quantitative estimate of drug-likeness (QED) is 0.459. The largest absolute Gasteiger partial charge is 0.493 e. The number of para-hydroxylation sites is 1. The van der Waals surface area contributed by atoms with E-state index in [1.54, 1.807) is 19.4 Å². The van der Waals surface area contributed by atoms with Crippen LogP contribution in [-0.4, -0.2) is 29.9 Å². The summed E-state index contributed by atoms with van der Waals surface area (Å²) in [6, 6.07) is 17.1. The molecular formula is C24H27N3O3. The van der Waals surface area contributed by atoms with Gasteiger partial charge in [-0.25, -0.2) is 5.43 Å². The van der Waals surface area contributed by atoms with E-state index in [2.05, 4.69) is 27.2 Å². The molecule has 0 spiro atoms. The molecule has 0 aliphatic carbocycles. The molecule has 0 saturated carbocycles. The molecule has 1 aromatic heterocycles. The number of amides is 1. The van der Waals surface area contributed by atoms with Crippen LogP contribution < -0.4 is 14.9 Å². The van der Waals surface area contributed by atoms with Crippen molar-refractivity contribution in [2.75, 3.05) is 7.11 Å². The highest BCUT2D eigenvalue weighted by atomic mass is 16.5. The Morgan fingerprint density at radius 2 is 1.77 bits per heavy atom. The van der Waals surface area contributed by atoms with Crippen molar-refractivity contribution >= 4 is 12.1 Å². The number of hydrogen-bond acceptors (Lipinski definition) is 4. The van der Waals surface area contributed by atoms with E-state index in [0.29, 0.717) is 17.1 Å². The predicted molar refractivity (Wildman–Crippen MR) is 119 cm³/mol. The molecule has 0 bridgehead atoms. The predicted octanol–water partition coefficient (Wildman–Crippen LogP) is 4.65. The monoisotopic (exact) mass is 405 g/mol. The van der Waals surface area contributed by atoms with Gasteiger partial charge in [-0.15, -0.1) is 0 Å². The fourth-order valence-corrected chi connectivity index (χ4v) is 3.24. The van der Waals surface area contributed by atoms with Gasteiger partial charge in [0, 0.05) is 28.2 Å². The Balaban J connectivity index is 1.78. The Labute approximate surface area is 177 Å². The molecule has 6 nitrogen and oxygen atoms in total. The van der Waals surface area contributed by atoms with Gasteiger partial charge in [0.05, 0.1) is 19.4 Å². The number of carbonyl (C=O) groups excluding carboxylic acids is 1. The van der Waals surface area contributed by atoms with Gasteiger partial charge in [0.2, 0.25) is 0 Å². The van der Waals surface area contributed by atoms with E-state index in [4.69, 9.17) is 9.47 Å². The number of aromatic nitrogens is 1. The number of hydrazone groups is 1. The van der Waals surface area contributed by atoms with Crippen molar-refractivity contribution in [3.8, 4) is 17.2 Å². The van der Waals surface area contributed by atoms with Crippen LogP contribution in [0.1, 0.15) is 41.2 Å². The molecule has 0 fully saturated rings. The van der Waals surface area contributed by atoms with E-state index in [0.717, 1.165) is 22.6 Å². The number of nitrogens with zero attached hydrogens (tertiary/aromatic N) is 2. The van der Waals surface area contributed by atoms with Gasteiger partial charge in [-0.1, -0.05) is 12.1 Å². The van der Waals surface area contributed by atoms with Crippen LogP contribution in [0.4, 0.5) is 0 Å². The number of methoxy groups -OCH3 is 1. The average Bonchev–Trinajstić information content (AvgIpc) is 3.06. The van der Waals surface area contributed by atoms with Crippen LogP contribution in [-0.2, 0) is 0 Å². The molecule has 1 N–H and O–H groups in total. The molecule has 0 aliphatic heterocycles. The topological polar surface area (TPSA) is 64.8 Å². The lowest BCUT2D eigenvalue weighted by molar-refractivity contribution is 0.0955. The fourth-order valence-electron chi connectivity index (χ4n) is 3.24. The zero-order valence-corrected chi connectivity index (χ0v) is 18.0. The molecule has 0 radical (unpaired) electrons. The Kier molecular flexibility index (Phi) is 6.57. The molecule has 0 saturated heterocycles. The van der Waals surface area contributed by atoms with E-state index in [1.807, 2.05) is 64.1 Å². The molecule has 1 heterocycles. The van der Waals surface area contributed by atoms with Gasteiger partial charge in [0.1, 0.15) is 0 Å². The van der Waals surface area contributed by atoms with Crippen LogP contribution in [0, 0.1) is 13.8 Å². The van der Waals surface area contributed by atoms with Crippen molar-refractivity contribution in [2.24, 2.45) is 5.10 Å². The molecule has 3 aromatic rings. The third-order valence-corrected chi connectivity index (χ3v) is 4.59. The van der Waals surface area contributed by atoms with Gasteiger partial charge >= 0.3 is 0 Å². The van der Waals surface area contributed by atoms with Crippen molar-refractivity contribution in [2.45, 2.75) is 33.8 Å². The smallest absolute Gasteiger partial charge is 0.271 e. The number of benzene rings is 2. The lowest BCUT2D eigenvalue weighted by Crippen LogP contribution is -2.18. The van der Waals surface area contributed by atoms with Gasteiger partial charge in [-0.2, -0.15) is 5.10 Å². The third kappa shape index (κ3) is 4.71. The lowest BCUT2D eigenvalue weighted by Gasteiger charge is -2.15. The van der Waals surface area contributed by atoms with Gasteiger partial charge in [0.15, 0.2) is 11.5 Å². The van der Waals surface area contributed by atoms with Crippen LogP contribution in [0.25, 0.3) is 5.69 Å². The maximum absolute atomic E-state index is 12.6. The summed E-state index contributed by atoms with van der Waals surface area (Å²) >= 11 is 0. The lowest BCUT2D eigenvalue weighted by atomic mass is 10.2. The van der Waals surface area contributed by atoms with Crippen molar-refractivity contribution in [3.05, 3.63) is 77.1 Å². The zero-order chi connectivity index (χ0) is 21.7. The van der Waals surface area contributed by atoms with E-state index in [1.165, 1.54) is 0 Å². The van der Waals surface area contributed by atoms with Crippen molar-refractivity contribution in [3.63, 3.8) is 0 Å². The van der Waals surface area contributed by atoms with Crippen molar-refractivity contribution in [1.29, 1.82) is 0 Å². The molecule has 30 heavy (non-hydrogen) atoms. The van der Waals surface area contributed by atoms with Gasteiger partial charge in [-0.3, -0.25) is 4.79 Å². The summed E-state index contributed by atoms with van der Waals surface area (Å²) in [4.78, 5) is 12.6. The van der Waals surface area contributed by atoms with Crippen molar-refractivity contribution in [1.82, 2.24) is 9.99 Å². The van der Waals surface area contributed by atoms with E-state index < -0.39 is 0 Å². The van der Waals surface area contributed by atoms with Crippen LogP contribution >= 0.6 is 0 Å². The first-order chi connectivity index (χ1) is 14.4. The van der Waals surface area contributed by atoms with Crippen molar-refractivity contribution < 1.29 is 14.3 Å². The van der Waals surface area contributed by atoms with E-state index >= 15 is 0 Å². The molecule has 0 atom stereocenters. The molecule has 0 aliphatic rings. The Morgan fingerprint density at radius 1 is 1.07 bits per heavy atom. The first-order valence-corrected chi connectivity index (χ1v) is 9.83. The Hall–Kier alpha value is -3.54. The number of ether oxygens (including phenoxy) is 2. The highest BCUT2D eigenvalue weighted by molar-refractivity contribution is 5.95. The van der Waals surface area contributed by atoms with Gasteiger partial charge in [0.25, 0.3) is 5.91 Å². The zero-order valence-electron chi connectivity index (χ0n) is 18.0. The number of aryl methyl sites for hydroxylation is 2. The minimum Gasteiger partial charge on any atom is -0.493 e. The second-order valence-corrected chi connectivity index (χ2v) is 7.25. The normalized spacial score (nSPS) is 11.1. The van der Waals surface area contributed by atoms with Gasteiger partial charge in [-0.05, 0) is 70.2 Å².